The number of rotatable bonds is 14. The minimum atomic E-state index is -4.82. The van der Waals surface area contributed by atoms with E-state index in [9.17, 15) is 23.8 Å². The minimum Gasteiger partial charge on any atom is -0.383 e. The number of phosphoric acid groups is 1. The molecular formula is C28H41FN9O11P. The van der Waals surface area contributed by atoms with E-state index < -0.39 is 86.6 Å². The third-order valence-electron chi connectivity index (χ3n) is 8.00. The summed E-state index contributed by atoms with van der Waals surface area (Å²) >= 11 is 0. The smallest absolute Gasteiger partial charge is 0.383 e. The van der Waals surface area contributed by atoms with Crippen LogP contribution in [0, 0.1) is 5.92 Å². The van der Waals surface area contributed by atoms with Gasteiger partial charge in [-0.3, -0.25) is 32.8 Å². The van der Waals surface area contributed by atoms with Crippen LogP contribution in [0.25, 0.3) is 11.2 Å². The van der Waals surface area contributed by atoms with Gasteiger partial charge in [-0.2, -0.15) is 9.97 Å². The van der Waals surface area contributed by atoms with Gasteiger partial charge in [-0.1, -0.05) is 0 Å². The van der Waals surface area contributed by atoms with E-state index in [4.69, 9.17) is 39.5 Å². The van der Waals surface area contributed by atoms with Gasteiger partial charge < -0.3 is 40.6 Å². The Labute approximate surface area is 284 Å². The number of hydrogen-bond acceptors (Lipinski definition) is 15. The standard InChI is InChI=1S/C28H41FN9O11P/c1-12(2)45-10-16-14(21(44-5)26(47-16)38-11-33-20-23(38)35-27(31)36-24(20)40)8-18(39)32-9-15-22(49-50(42,43)48-13(3)4)19(29)25(46-15)37-7-6-17(30)34-28(37)41/h6-7,11-16,19,21-22,25-26H,8-10H2,1-5H3,(H,32,39)(H,42,43)(H2,30,34,41)(H3,31,35,36,40)/t14?,15-,16-,19?,21?,22?,25-,26-/m1/s1. The number of nitrogen functional groups attached to an aromatic ring is 2. The number of aromatic nitrogens is 6. The van der Waals surface area contributed by atoms with Gasteiger partial charge in [0.1, 0.15) is 24.1 Å². The van der Waals surface area contributed by atoms with Crippen molar-refractivity contribution in [2.75, 3.05) is 31.7 Å². The molecule has 2 aliphatic rings. The van der Waals surface area contributed by atoms with Crippen molar-refractivity contribution in [3.63, 3.8) is 0 Å². The molecule has 5 heterocycles. The van der Waals surface area contributed by atoms with Crippen molar-refractivity contribution in [1.29, 1.82) is 0 Å². The average molecular weight is 730 g/mol. The van der Waals surface area contributed by atoms with Crippen molar-refractivity contribution >= 4 is 36.7 Å². The Morgan fingerprint density at radius 3 is 2.50 bits per heavy atom. The van der Waals surface area contributed by atoms with Crippen LogP contribution in [0.2, 0.25) is 0 Å². The SMILES string of the molecule is COC1C(CC(=O)NC[C@H]2O[C@@H](n3ccc(N)nc3=O)C(F)C2OP(=O)(O)OC(C)C)[C@@H](COC(C)C)O[C@H]1n1cnc2c(=O)[nH]c(N)nc21. The van der Waals surface area contributed by atoms with E-state index in [1.165, 1.54) is 37.9 Å². The molecule has 0 saturated carbocycles. The van der Waals surface area contributed by atoms with Gasteiger partial charge in [0, 0.05) is 32.2 Å². The Kier molecular flexibility index (Phi) is 11.4. The zero-order chi connectivity index (χ0) is 36.5. The van der Waals surface area contributed by atoms with Crippen molar-refractivity contribution in [2.24, 2.45) is 5.92 Å². The van der Waals surface area contributed by atoms with Gasteiger partial charge in [-0.25, -0.2) is 18.7 Å². The van der Waals surface area contributed by atoms with E-state index in [1.807, 2.05) is 13.8 Å². The number of nitrogens with zero attached hydrogens (tertiary/aromatic N) is 5. The van der Waals surface area contributed by atoms with Gasteiger partial charge in [0.2, 0.25) is 11.9 Å². The normalized spacial score (nSPS) is 28.1. The molecule has 1 amide bonds. The molecule has 276 valence electrons. The van der Waals surface area contributed by atoms with E-state index in [0.29, 0.717) is 0 Å². The summed E-state index contributed by atoms with van der Waals surface area (Å²) in [6.07, 6.45) is -7.89. The van der Waals surface area contributed by atoms with Gasteiger partial charge in [0.05, 0.1) is 31.2 Å². The fourth-order valence-corrected chi connectivity index (χ4v) is 7.04. The predicted octanol–water partition coefficient (Wildman–Crippen LogP) is 0.147. The molecule has 5 unspecified atom stereocenters. The number of methoxy groups -OCH3 is 1. The van der Waals surface area contributed by atoms with E-state index in [0.717, 1.165) is 10.8 Å². The number of imidazole rings is 1. The Morgan fingerprint density at radius 2 is 1.84 bits per heavy atom. The van der Waals surface area contributed by atoms with Gasteiger partial charge in [0.25, 0.3) is 5.56 Å². The van der Waals surface area contributed by atoms with Crippen molar-refractivity contribution in [1.82, 2.24) is 34.4 Å². The third kappa shape index (κ3) is 8.21. The summed E-state index contributed by atoms with van der Waals surface area (Å²) < 4.78 is 64.8. The molecule has 3 aromatic heterocycles. The van der Waals surface area contributed by atoms with Gasteiger partial charge in [-0.05, 0) is 33.8 Å². The summed E-state index contributed by atoms with van der Waals surface area (Å²) in [6.45, 7) is 6.31. The fraction of sp³-hybridized carbons (Fsp3) is 0.643. The lowest BCUT2D eigenvalue weighted by Gasteiger charge is -2.25. The first-order valence-electron chi connectivity index (χ1n) is 15.7. The molecule has 50 heavy (non-hydrogen) atoms. The summed E-state index contributed by atoms with van der Waals surface area (Å²) in [5.74, 6) is -1.42. The highest BCUT2D eigenvalue weighted by Crippen LogP contribution is 2.50. The summed E-state index contributed by atoms with van der Waals surface area (Å²) in [5.41, 5.74) is 10.0. The molecule has 0 aromatic carbocycles. The lowest BCUT2D eigenvalue weighted by atomic mass is 9.93. The number of carbonyl (C=O) groups excluding carboxylic acids is 1. The van der Waals surface area contributed by atoms with Gasteiger partial charge in [-0.15, -0.1) is 0 Å². The molecule has 20 nitrogen and oxygen atoms in total. The van der Waals surface area contributed by atoms with Gasteiger partial charge in [0.15, 0.2) is 29.8 Å². The molecule has 0 spiro atoms. The molecule has 2 fully saturated rings. The maximum atomic E-state index is 15.9. The summed E-state index contributed by atoms with van der Waals surface area (Å²) in [7, 11) is -3.39. The van der Waals surface area contributed by atoms with E-state index in [-0.39, 0.29) is 42.1 Å². The molecule has 2 aliphatic heterocycles. The van der Waals surface area contributed by atoms with Crippen LogP contribution in [0.3, 0.4) is 0 Å². The molecule has 2 saturated heterocycles. The average Bonchev–Trinajstić information content (AvgIpc) is 3.68. The number of nitrogens with two attached hydrogens (primary N) is 2. The molecule has 7 N–H and O–H groups in total. The molecular weight excluding hydrogens is 688 g/mol. The van der Waals surface area contributed by atoms with Crippen molar-refractivity contribution in [2.45, 2.75) is 89.4 Å². The molecule has 22 heteroatoms. The maximum Gasteiger partial charge on any atom is 0.472 e. The summed E-state index contributed by atoms with van der Waals surface area (Å²) in [5, 5.41) is 2.66. The van der Waals surface area contributed by atoms with E-state index in [1.54, 1.807) is 0 Å². The maximum absolute atomic E-state index is 15.9. The first-order valence-corrected chi connectivity index (χ1v) is 17.2. The highest BCUT2D eigenvalue weighted by Gasteiger charge is 2.51. The number of carbonyl (C=O) groups is 1. The van der Waals surface area contributed by atoms with Crippen LogP contribution < -0.4 is 28.0 Å². The van der Waals surface area contributed by atoms with Crippen LogP contribution in [-0.2, 0) is 37.4 Å². The number of anilines is 2. The summed E-state index contributed by atoms with van der Waals surface area (Å²) in [4.78, 5) is 63.0. The number of nitrogens with one attached hydrogen (secondary N) is 2. The van der Waals surface area contributed by atoms with Crippen LogP contribution >= 0.6 is 7.82 Å². The molecule has 0 bridgehead atoms. The van der Waals surface area contributed by atoms with Crippen LogP contribution in [-0.4, -0.2) is 103 Å². The fourth-order valence-electron chi connectivity index (χ4n) is 5.90. The number of amides is 1. The van der Waals surface area contributed by atoms with Crippen molar-refractivity contribution in [3.8, 4) is 0 Å². The lowest BCUT2D eigenvalue weighted by Crippen LogP contribution is -2.42. The number of fused-ring (bicyclic) bond motifs is 1. The second-order valence-electron chi connectivity index (χ2n) is 12.3. The molecule has 0 radical (unpaired) electrons. The minimum absolute atomic E-state index is 0.0230. The number of halogens is 1. The van der Waals surface area contributed by atoms with Crippen molar-refractivity contribution in [3.05, 3.63) is 39.4 Å². The number of ether oxygens (including phenoxy) is 4. The third-order valence-corrected chi connectivity index (χ3v) is 9.20. The molecule has 0 aliphatic carbocycles. The van der Waals surface area contributed by atoms with Crippen LogP contribution in [0.4, 0.5) is 16.2 Å². The zero-order valence-electron chi connectivity index (χ0n) is 27.9. The molecule has 5 rings (SSSR count). The number of hydrogen-bond donors (Lipinski definition) is 5. The van der Waals surface area contributed by atoms with Gasteiger partial charge >= 0.3 is 13.5 Å². The lowest BCUT2D eigenvalue weighted by molar-refractivity contribution is -0.124. The van der Waals surface area contributed by atoms with Crippen LogP contribution in [0.5, 0.6) is 0 Å². The second-order valence-corrected chi connectivity index (χ2v) is 13.7. The zero-order valence-corrected chi connectivity index (χ0v) is 28.8. The van der Waals surface area contributed by atoms with E-state index >= 15 is 4.39 Å². The monoisotopic (exact) mass is 729 g/mol. The first kappa shape index (κ1) is 37.4. The van der Waals surface area contributed by atoms with E-state index in [2.05, 4.69) is 25.3 Å². The highest BCUT2D eigenvalue weighted by atomic mass is 31.2. The highest BCUT2D eigenvalue weighted by molar-refractivity contribution is 7.47. The number of aromatic amines is 1. The largest absolute Gasteiger partial charge is 0.472 e. The van der Waals surface area contributed by atoms with Crippen LogP contribution in [0.15, 0.2) is 28.2 Å². The van der Waals surface area contributed by atoms with Crippen LogP contribution in [0.1, 0.15) is 46.6 Å². The Bertz CT molecular complexity index is 1840. The quantitative estimate of drug-likeness (QED) is 0.138. The molecule has 3 aromatic rings. The second kappa shape index (κ2) is 15.2. The first-order chi connectivity index (χ1) is 23.6. The number of H-pyrrole nitrogens is 1. The molecule has 9 atom stereocenters. The number of alkyl halides is 1. The predicted molar refractivity (Wildman–Crippen MR) is 172 cm³/mol. The Hall–Kier alpha value is -3.82. The topological polar surface area (TPSA) is 272 Å². The Balaban J connectivity index is 1.36. The Morgan fingerprint density at radius 1 is 1.12 bits per heavy atom. The van der Waals surface area contributed by atoms with Crippen molar-refractivity contribution < 1.29 is 46.6 Å². The number of phosphoric ester groups is 1. The summed E-state index contributed by atoms with van der Waals surface area (Å²) in [6, 6.07) is 1.25.